The number of pyridine rings is 1. The highest BCUT2D eigenvalue weighted by molar-refractivity contribution is 5.95. The van der Waals surface area contributed by atoms with Crippen LogP contribution in [0.2, 0.25) is 0 Å². The van der Waals surface area contributed by atoms with Crippen LogP contribution < -0.4 is 16.0 Å². The van der Waals surface area contributed by atoms with E-state index in [2.05, 4.69) is 29.0 Å². The van der Waals surface area contributed by atoms with Crippen LogP contribution >= 0.6 is 0 Å². The molecule has 1 amide bonds. The number of nitrogens with two attached hydrogens (primary N) is 1. The van der Waals surface area contributed by atoms with Crippen molar-refractivity contribution in [1.29, 1.82) is 0 Å². The van der Waals surface area contributed by atoms with E-state index in [9.17, 15) is 9.90 Å². The monoisotopic (exact) mass is 446 g/mol. The number of benzene rings is 2. The summed E-state index contributed by atoms with van der Waals surface area (Å²) in [5, 5.41) is 12.6. The zero-order valence-corrected chi connectivity index (χ0v) is 18.9. The van der Waals surface area contributed by atoms with Gasteiger partial charge in [0.1, 0.15) is 5.82 Å². The minimum Gasteiger partial charge on any atom is -0.394 e. The number of nitrogens with one attached hydrogen (secondary N) is 1. The molecule has 33 heavy (non-hydrogen) atoms. The minimum absolute atomic E-state index is 0.145. The van der Waals surface area contributed by atoms with Crippen LogP contribution in [0.15, 0.2) is 66.9 Å². The first kappa shape index (κ1) is 22.8. The first-order valence-electron chi connectivity index (χ1n) is 11.2. The maximum atomic E-state index is 12.7. The van der Waals surface area contributed by atoms with Crippen LogP contribution in [0.25, 0.3) is 11.1 Å². The molecule has 4 rings (SSSR count). The molecule has 1 fully saturated rings. The molecule has 1 unspecified atom stereocenters. The van der Waals surface area contributed by atoms with Gasteiger partial charge in [-0.25, -0.2) is 4.98 Å². The molecule has 2 aromatic carbocycles. The van der Waals surface area contributed by atoms with E-state index in [4.69, 9.17) is 10.5 Å². The Kier molecular flexibility index (Phi) is 6.91. The SMILES string of the molecule is C[C@@H]1CN(c2cnc(N)c(-c3ccc(C(=O)NC(CO)c4ccccc4)cc3)c2)C[C@H](C)O1. The highest BCUT2D eigenvalue weighted by atomic mass is 16.5. The number of aromatic nitrogens is 1. The van der Waals surface area contributed by atoms with Crippen molar-refractivity contribution in [3.63, 3.8) is 0 Å². The van der Waals surface area contributed by atoms with E-state index in [0.29, 0.717) is 11.4 Å². The third kappa shape index (κ3) is 5.32. The van der Waals surface area contributed by atoms with E-state index < -0.39 is 6.04 Å². The summed E-state index contributed by atoms with van der Waals surface area (Å²) < 4.78 is 5.84. The maximum Gasteiger partial charge on any atom is 0.251 e. The molecular formula is C26H30N4O3. The molecular weight excluding hydrogens is 416 g/mol. The molecule has 0 radical (unpaired) electrons. The average molecular weight is 447 g/mol. The van der Waals surface area contributed by atoms with Crippen molar-refractivity contribution >= 4 is 17.4 Å². The van der Waals surface area contributed by atoms with Gasteiger partial charge in [-0.1, -0.05) is 42.5 Å². The smallest absolute Gasteiger partial charge is 0.251 e. The Morgan fingerprint density at radius 3 is 2.45 bits per heavy atom. The first-order chi connectivity index (χ1) is 15.9. The number of nitrogens with zero attached hydrogens (tertiary/aromatic N) is 2. The molecule has 1 aromatic heterocycles. The van der Waals surface area contributed by atoms with Crippen LogP contribution in [0.1, 0.15) is 35.8 Å². The molecule has 2 heterocycles. The fourth-order valence-electron chi connectivity index (χ4n) is 4.22. The van der Waals surface area contributed by atoms with Crippen LogP contribution in [-0.4, -0.2) is 47.9 Å². The Labute approximate surface area is 194 Å². The van der Waals surface area contributed by atoms with E-state index >= 15 is 0 Å². The van der Waals surface area contributed by atoms with Gasteiger partial charge in [-0.3, -0.25) is 4.79 Å². The van der Waals surface area contributed by atoms with Crippen LogP contribution in [0.5, 0.6) is 0 Å². The number of aliphatic hydroxyl groups is 1. The fraction of sp³-hybridized carbons (Fsp3) is 0.308. The topological polar surface area (TPSA) is 101 Å². The van der Waals surface area contributed by atoms with Crippen LogP contribution in [0.4, 0.5) is 11.5 Å². The molecule has 4 N–H and O–H groups in total. The number of ether oxygens (including phenoxy) is 1. The van der Waals surface area contributed by atoms with Crippen LogP contribution in [0.3, 0.4) is 0 Å². The van der Waals surface area contributed by atoms with Crippen molar-refractivity contribution in [3.05, 3.63) is 78.0 Å². The van der Waals surface area contributed by atoms with E-state index in [1.165, 1.54) is 0 Å². The highest BCUT2D eigenvalue weighted by Gasteiger charge is 2.23. The molecule has 0 spiro atoms. The number of amides is 1. The highest BCUT2D eigenvalue weighted by Crippen LogP contribution is 2.30. The molecule has 0 saturated carbocycles. The lowest BCUT2D eigenvalue weighted by atomic mass is 10.0. The third-order valence-corrected chi connectivity index (χ3v) is 5.84. The van der Waals surface area contributed by atoms with Crippen LogP contribution in [0, 0.1) is 0 Å². The van der Waals surface area contributed by atoms with Gasteiger partial charge in [-0.05, 0) is 43.2 Å². The second kappa shape index (κ2) is 10.0. The minimum atomic E-state index is -0.465. The molecule has 1 aliphatic rings. The Bertz CT molecular complexity index is 1080. The van der Waals surface area contributed by atoms with E-state index in [-0.39, 0.29) is 24.7 Å². The molecule has 1 aliphatic heterocycles. The third-order valence-electron chi connectivity index (χ3n) is 5.84. The summed E-state index contributed by atoms with van der Waals surface area (Å²) >= 11 is 0. The number of morpholine rings is 1. The lowest BCUT2D eigenvalue weighted by molar-refractivity contribution is -0.00523. The number of nitrogen functional groups attached to an aromatic ring is 1. The lowest BCUT2D eigenvalue weighted by Crippen LogP contribution is -2.45. The predicted octanol–water partition coefficient (Wildman–Crippen LogP) is 3.41. The van der Waals surface area contributed by atoms with Gasteiger partial charge in [-0.15, -0.1) is 0 Å². The van der Waals surface area contributed by atoms with Gasteiger partial charge in [0, 0.05) is 24.2 Å². The van der Waals surface area contributed by atoms with Gasteiger partial charge in [0.2, 0.25) is 0 Å². The van der Waals surface area contributed by atoms with Crippen LogP contribution in [-0.2, 0) is 4.74 Å². The Morgan fingerprint density at radius 2 is 1.82 bits per heavy atom. The van der Waals surface area contributed by atoms with Crippen molar-refractivity contribution in [1.82, 2.24) is 10.3 Å². The van der Waals surface area contributed by atoms with Crippen molar-refractivity contribution in [2.24, 2.45) is 0 Å². The Morgan fingerprint density at radius 1 is 1.15 bits per heavy atom. The van der Waals surface area contributed by atoms with Gasteiger partial charge >= 0.3 is 0 Å². The quantitative estimate of drug-likeness (QED) is 0.537. The lowest BCUT2D eigenvalue weighted by Gasteiger charge is -2.36. The van der Waals surface area contributed by atoms with Crippen molar-refractivity contribution in [2.45, 2.75) is 32.1 Å². The Hall–Kier alpha value is -3.42. The zero-order chi connectivity index (χ0) is 23.4. The summed E-state index contributed by atoms with van der Waals surface area (Å²) in [6.07, 6.45) is 2.08. The molecule has 172 valence electrons. The molecule has 1 saturated heterocycles. The normalized spacial score (nSPS) is 19.2. The standard InChI is InChI=1S/C26H30N4O3/c1-17-14-30(15-18(2)33-17)22-12-23(25(27)28-13-22)19-8-10-21(11-9-19)26(32)29-24(16-31)20-6-4-3-5-7-20/h3-13,17-18,24,31H,14-16H2,1-2H3,(H2,27,28)(H,29,32)/t17-,18+,24?. The van der Waals surface area contributed by atoms with Gasteiger partial charge in [0.25, 0.3) is 5.91 Å². The number of anilines is 2. The summed E-state index contributed by atoms with van der Waals surface area (Å²) in [5.41, 5.74) is 10.3. The molecule has 0 aliphatic carbocycles. The molecule has 7 heteroatoms. The van der Waals surface area contributed by atoms with Gasteiger partial charge in [0.15, 0.2) is 0 Å². The van der Waals surface area contributed by atoms with E-state index in [1.807, 2.05) is 48.5 Å². The molecule has 0 bridgehead atoms. The molecule has 3 atom stereocenters. The number of aliphatic hydroxyl groups excluding tert-OH is 1. The summed E-state index contributed by atoms with van der Waals surface area (Å²) in [5.74, 6) is 0.190. The van der Waals surface area contributed by atoms with E-state index in [1.54, 1.807) is 18.3 Å². The Balaban J connectivity index is 1.51. The number of rotatable bonds is 6. The van der Waals surface area contributed by atoms with E-state index in [0.717, 1.165) is 35.5 Å². The molecule has 7 nitrogen and oxygen atoms in total. The zero-order valence-electron chi connectivity index (χ0n) is 18.9. The summed E-state index contributed by atoms with van der Waals surface area (Å²) in [4.78, 5) is 19.4. The average Bonchev–Trinajstić information content (AvgIpc) is 2.83. The second-order valence-electron chi connectivity index (χ2n) is 8.49. The van der Waals surface area contributed by atoms with Gasteiger partial charge < -0.3 is 25.8 Å². The second-order valence-corrected chi connectivity index (χ2v) is 8.49. The fourth-order valence-corrected chi connectivity index (χ4v) is 4.22. The van der Waals surface area contributed by atoms with Gasteiger partial charge in [-0.2, -0.15) is 0 Å². The largest absolute Gasteiger partial charge is 0.394 e. The predicted molar refractivity (Wildman–Crippen MR) is 130 cm³/mol. The molecule has 3 aromatic rings. The maximum absolute atomic E-state index is 12.7. The number of hydrogen-bond donors (Lipinski definition) is 3. The van der Waals surface area contributed by atoms with Gasteiger partial charge in [0.05, 0.1) is 36.7 Å². The van der Waals surface area contributed by atoms with Crippen molar-refractivity contribution < 1.29 is 14.6 Å². The summed E-state index contributed by atoms with van der Waals surface area (Å²) in [7, 11) is 0. The summed E-state index contributed by atoms with van der Waals surface area (Å²) in [6.45, 7) is 5.54. The van der Waals surface area contributed by atoms with Crippen molar-refractivity contribution in [3.8, 4) is 11.1 Å². The van der Waals surface area contributed by atoms with Crippen molar-refractivity contribution in [2.75, 3.05) is 30.3 Å². The number of carbonyl (C=O) groups is 1. The number of hydrogen-bond acceptors (Lipinski definition) is 6. The number of carbonyl (C=O) groups excluding carboxylic acids is 1. The first-order valence-corrected chi connectivity index (χ1v) is 11.2. The summed E-state index contributed by atoms with van der Waals surface area (Å²) in [6, 6.07) is 18.2.